The molecule has 1 unspecified atom stereocenters. The predicted molar refractivity (Wildman–Crippen MR) is 129 cm³/mol. The van der Waals surface area contributed by atoms with E-state index in [0.717, 1.165) is 16.7 Å². The summed E-state index contributed by atoms with van der Waals surface area (Å²) in [4.78, 5) is 42.6. The van der Waals surface area contributed by atoms with Crippen LogP contribution in [0.25, 0.3) is 0 Å². The number of imide groups is 1. The third-order valence-corrected chi connectivity index (χ3v) is 6.19. The van der Waals surface area contributed by atoms with Crippen LogP contribution in [0.3, 0.4) is 0 Å². The second kappa shape index (κ2) is 9.59. The van der Waals surface area contributed by atoms with Crippen LogP contribution in [0, 0.1) is 13.8 Å². The number of rotatable bonds is 6. The molecule has 0 aromatic heterocycles. The minimum absolute atomic E-state index is 0.0418. The van der Waals surface area contributed by atoms with Crippen LogP contribution in [0.15, 0.2) is 72.8 Å². The van der Waals surface area contributed by atoms with Gasteiger partial charge in [0.2, 0.25) is 5.91 Å². The van der Waals surface area contributed by atoms with Gasteiger partial charge in [-0.3, -0.25) is 14.4 Å². The second-order valence-electron chi connectivity index (χ2n) is 8.32. The van der Waals surface area contributed by atoms with Gasteiger partial charge in [-0.25, -0.2) is 4.90 Å². The summed E-state index contributed by atoms with van der Waals surface area (Å²) >= 11 is 6.12. The molecule has 0 N–H and O–H groups in total. The van der Waals surface area contributed by atoms with Crippen molar-refractivity contribution in [3.05, 3.63) is 100 Å². The predicted octanol–water partition coefficient (Wildman–Crippen LogP) is 4.97. The maximum Gasteiger partial charge on any atom is 0.257 e. The van der Waals surface area contributed by atoms with Gasteiger partial charge in [-0.15, -0.1) is 0 Å². The summed E-state index contributed by atoms with van der Waals surface area (Å²) in [7, 11) is 0. The number of halogens is 1. The Morgan fingerprint density at radius 1 is 1.00 bits per heavy atom. The fourth-order valence-electron chi connectivity index (χ4n) is 4.13. The van der Waals surface area contributed by atoms with E-state index >= 15 is 0 Å². The molecule has 1 fully saturated rings. The number of nitrogens with zero attached hydrogens (tertiary/aromatic N) is 2. The lowest BCUT2D eigenvalue weighted by molar-refractivity contribution is -0.122. The molecule has 1 heterocycles. The SMILES string of the molecule is Cc1ccc(N2C(=O)CC(N(CCc3cccc(Cl)c3)C(=O)c3ccccc3C)C2=O)cc1. The zero-order valence-corrected chi connectivity index (χ0v) is 19.4. The van der Waals surface area contributed by atoms with Crippen LogP contribution >= 0.6 is 11.6 Å². The van der Waals surface area contributed by atoms with Gasteiger partial charge in [0.1, 0.15) is 6.04 Å². The highest BCUT2D eigenvalue weighted by Crippen LogP contribution is 2.28. The summed E-state index contributed by atoms with van der Waals surface area (Å²) in [6, 6.07) is 21.1. The molecule has 1 atom stereocenters. The van der Waals surface area contributed by atoms with E-state index in [-0.39, 0.29) is 24.1 Å². The Labute approximate surface area is 198 Å². The lowest BCUT2D eigenvalue weighted by atomic mass is 10.0. The standard InChI is InChI=1S/C27H25ClN2O3/c1-18-10-12-22(13-11-18)30-25(31)17-24(27(30)33)29(15-14-20-7-5-8-21(28)16-20)26(32)23-9-4-3-6-19(23)2/h3-13,16,24H,14-15,17H2,1-2H3. The van der Waals surface area contributed by atoms with Gasteiger partial charge in [-0.1, -0.05) is 59.6 Å². The Balaban J connectivity index is 1.65. The van der Waals surface area contributed by atoms with Gasteiger partial charge in [-0.2, -0.15) is 0 Å². The van der Waals surface area contributed by atoms with Crippen LogP contribution in [-0.4, -0.2) is 35.2 Å². The fourth-order valence-corrected chi connectivity index (χ4v) is 4.35. The van der Waals surface area contributed by atoms with Crippen molar-refractivity contribution in [1.82, 2.24) is 4.90 Å². The molecule has 1 aliphatic heterocycles. The topological polar surface area (TPSA) is 57.7 Å². The molecule has 1 saturated heterocycles. The van der Waals surface area contributed by atoms with Gasteiger partial charge < -0.3 is 4.90 Å². The summed E-state index contributed by atoms with van der Waals surface area (Å²) in [6.45, 7) is 4.10. The summed E-state index contributed by atoms with van der Waals surface area (Å²) in [5.74, 6) is -0.942. The fraction of sp³-hybridized carbons (Fsp3) is 0.222. The first-order valence-electron chi connectivity index (χ1n) is 10.9. The first-order chi connectivity index (χ1) is 15.8. The summed E-state index contributed by atoms with van der Waals surface area (Å²) in [6.07, 6.45) is 0.473. The molecule has 0 saturated carbocycles. The van der Waals surface area contributed by atoms with E-state index in [0.29, 0.717) is 29.2 Å². The van der Waals surface area contributed by atoms with Gasteiger partial charge in [0.25, 0.3) is 11.8 Å². The quantitative estimate of drug-likeness (QED) is 0.488. The lowest BCUT2D eigenvalue weighted by Gasteiger charge is -2.28. The van der Waals surface area contributed by atoms with Crippen molar-refractivity contribution >= 4 is 35.0 Å². The number of anilines is 1. The molecular formula is C27H25ClN2O3. The number of hydrogen-bond acceptors (Lipinski definition) is 3. The molecule has 0 bridgehead atoms. The molecule has 3 aromatic rings. The van der Waals surface area contributed by atoms with E-state index in [9.17, 15) is 14.4 Å². The highest BCUT2D eigenvalue weighted by molar-refractivity contribution is 6.30. The van der Waals surface area contributed by atoms with E-state index in [1.54, 1.807) is 30.3 Å². The van der Waals surface area contributed by atoms with E-state index in [1.807, 2.05) is 56.3 Å². The van der Waals surface area contributed by atoms with Crippen LogP contribution in [0.2, 0.25) is 5.02 Å². The van der Waals surface area contributed by atoms with Gasteiger partial charge >= 0.3 is 0 Å². The van der Waals surface area contributed by atoms with Crippen molar-refractivity contribution < 1.29 is 14.4 Å². The number of benzene rings is 3. The maximum absolute atomic E-state index is 13.6. The smallest absolute Gasteiger partial charge is 0.257 e. The average Bonchev–Trinajstić information content (AvgIpc) is 3.08. The third kappa shape index (κ3) is 4.83. The van der Waals surface area contributed by atoms with Gasteiger partial charge in [-0.05, 0) is 61.7 Å². The van der Waals surface area contributed by atoms with Crippen molar-refractivity contribution in [2.24, 2.45) is 0 Å². The van der Waals surface area contributed by atoms with Crippen LogP contribution < -0.4 is 4.90 Å². The molecule has 4 rings (SSSR count). The van der Waals surface area contributed by atoms with Crippen LogP contribution in [0.5, 0.6) is 0 Å². The van der Waals surface area contributed by atoms with Crippen molar-refractivity contribution in [2.45, 2.75) is 32.7 Å². The lowest BCUT2D eigenvalue weighted by Crippen LogP contribution is -2.46. The highest BCUT2D eigenvalue weighted by Gasteiger charge is 2.44. The molecule has 0 radical (unpaired) electrons. The van der Waals surface area contributed by atoms with Gasteiger partial charge in [0.15, 0.2) is 0 Å². The molecule has 3 amide bonds. The Morgan fingerprint density at radius 2 is 1.73 bits per heavy atom. The summed E-state index contributed by atoms with van der Waals surface area (Å²) in [5, 5.41) is 0.613. The van der Waals surface area contributed by atoms with Crippen LogP contribution in [-0.2, 0) is 16.0 Å². The molecule has 0 aliphatic carbocycles. The van der Waals surface area contributed by atoms with E-state index < -0.39 is 6.04 Å². The Morgan fingerprint density at radius 3 is 2.42 bits per heavy atom. The molecule has 33 heavy (non-hydrogen) atoms. The van der Waals surface area contributed by atoms with E-state index in [2.05, 4.69) is 0 Å². The number of aryl methyl sites for hydroxylation is 2. The Bertz CT molecular complexity index is 1210. The maximum atomic E-state index is 13.6. The zero-order chi connectivity index (χ0) is 23.5. The largest absolute Gasteiger partial charge is 0.326 e. The second-order valence-corrected chi connectivity index (χ2v) is 8.75. The molecule has 3 aromatic carbocycles. The molecule has 168 valence electrons. The number of hydrogen-bond donors (Lipinski definition) is 0. The first-order valence-corrected chi connectivity index (χ1v) is 11.3. The highest BCUT2D eigenvalue weighted by atomic mass is 35.5. The van der Waals surface area contributed by atoms with Gasteiger partial charge in [0, 0.05) is 17.1 Å². The average molecular weight is 461 g/mol. The molecule has 6 heteroatoms. The summed E-state index contributed by atoms with van der Waals surface area (Å²) < 4.78 is 0. The van der Waals surface area contributed by atoms with Crippen molar-refractivity contribution in [1.29, 1.82) is 0 Å². The van der Waals surface area contributed by atoms with Crippen molar-refractivity contribution in [3.8, 4) is 0 Å². The zero-order valence-electron chi connectivity index (χ0n) is 18.6. The monoisotopic (exact) mass is 460 g/mol. The van der Waals surface area contributed by atoms with Gasteiger partial charge in [0.05, 0.1) is 12.1 Å². The number of amides is 3. The minimum Gasteiger partial charge on any atom is -0.326 e. The summed E-state index contributed by atoms with van der Waals surface area (Å²) in [5.41, 5.74) is 3.86. The minimum atomic E-state index is -0.856. The normalized spacial score (nSPS) is 15.7. The number of carbonyl (C=O) groups excluding carboxylic acids is 3. The Hall–Kier alpha value is -3.44. The third-order valence-electron chi connectivity index (χ3n) is 5.96. The van der Waals surface area contributed by atoms with E-state index in [4.69, 9.17) is 11.6 Å². The van der Waals surface area contributed by atoms with Crippen molar-refractivity contribution in [3.63, 3.8) is 0 Å². The van der Waals surface area contributed by atoms with E-state index in [1.165, 1.54) is 9.80 Å². The Kier molecular flexibility index (Phi) is 6.61. The molecule has 5 nitrogen and oxygen atoms in total. The first kappa shape index (κ1) is 22.7. The van der Waals surface area contributed by atoms with Crippen molar-refractivity contribution in [2.75, 3.05) is 11.4 Å². The molecule has 1 aliphatic rings. The number of carbonyl (C=O) groups is 3. The molecular weight excluding hydrogens is 436 g/mol. The van der Waals surface area contributed by atoms with Crippen LogP contribution in [0.1, 0.15) is 33.5 Å². The van der Waals surface area contributed by atoms with Crippen LogP contribution in [0.4, 0.5) is 5.69 Å². The molecule has 0 spiro atoms.